The Labute approximate surface area is 182 Å². The molecular formula is C24H28N2O5. The van der Waals surface area contributed by atoms with Gasteiger partial charge in [-0.3, -0.25) is 14.4 Å². The summed E-state index contributed by atoms with van der Waals surface area (Å²) in [5.74, 6) is -0.267. The molecule has 1 heterocycles. The monoisotopic (exact) mass is 424 g/mol. The van der Waals surface area contributed by atoms with Crippen molar-refractivity contribution in [1.29, 1.82) is 0 Å². The summed E-state index contributed by atoms with van der Waals surface area (Å²) in [5.41, 5.74) is 2.39. The van der Waals surface area contributed by atoms with Gasteiger partial charge in [-0.15, -0.1) is 0 Å². The number of hydrogen-bond donors (Lipinski definition) is 1. The average molecular weight is 424 g/mol. The number of para-hydroxylation sites is 3. The van der Waals surface area contributed by atoms with Crippen LogP contribution in [0, 0.1) is 0 Å². The van der Waals surface area contributed by atoms with Crippen molar-refractivity contribution < 1.29 is 23.9 Å². The zero-order valence-corrected chi connectivity index (χ0v) is 18.1. The topological polar surface area (TPSA) is 84.9 Å². The molecule has 0 aliphatic carbocycles. The van der Waals surface area contributed by atoms with Gasteiger partial charge in [0.25, 0.3) is 11.8 Å². The van der Waals surface area contributed by atoms with Crippen molar-refractivity contribution in [2.24, 2.45) is 0 Å². The molecule has 2 aromatic rings. The summed E-state index contributed by atoms with van der Waals surface area (Å²) in [6.07, 6.45) is -0.0349. The maximum atomic E-state index is 12.6. The van der Waals surface area contributed by atoms with Crippen molar-refractivity contribution in [3.63, 3.8) is 0 Å². The number of carbonyl (C=O) groups is 3. The van der Waals surface area contributed by atoms with Crippen molar-refractivity contribution in [3.8, 4) is 5.75 Å². The van der Waals surface area contributed by atoms with Crippen LogP contribution in [0.25, 0.3) is 0 Å². The van der Waals surface area contributed by atoms with Crippen LogP contribution < -0.4 is 15.0 Å². The van der Waals surface area contributed by atoms with Crippen LogP contribution in [0.4, 0.5) is 11.4 Å². The van der Waals surface area contributed by atoms with Gasteiger partial charge < -0.3 is 19.7 Å². The molecule has 0 radical (unpaired) electrons. The van der Waals surface area contributed by atoms with E-state index in [2.05, 4.69) is 19.2 Å². The lowest BCUT2D eigenvalue weighted by Crippen LogP contribution is -2.40. The molecule has 0 saturated heterocycles. The normalized spacial score (nSPS) is 14.8. The molecule has 31 heavy (non-hydrogen) atoms. The van der Waals surface area contributed by atoms with E-state index in [0.717, 1.165) is 17.7 Å². The number of nitrogens with zero attached hydrogens (tertiary/aromatic N) is 1. The van der Waals surface area contributed by atoms with Crippen molar-refractivity contribution in [2.75, 3.05) is 23.4 Å². The van der Waals surface area contributed by atoms with Gasteiger partial charge in [0.2, 0.25) is 0 Å². The summed E-state index contributed by atoms with van der Waals surface area (Å²) < 4.78 is 10.7. The minimum absolute atomic E-state index is 0.0266. The van der Waals surface area contributed by atoms with Gasteiger partial charge in [-0.05, 0) is 43.0 Å². The highest BCUT2D eigenvalue weighted by molar-refractivity contribution is 5.98. The zero-order chi connectivity index (χ0) is 22.4. The first-order valence-corrected chi connectivity index (χ1v) is 10.5. The summed E-state index contributed by atoms with van der Waals surface area (Å²) in [5, 5.41) is 2.86. The number of hydrogen-bond acceptors (Lipinski definition) is 5. The molecule has 1 aliphatic heterocycles. The van der Waals surface area contributed by atoms with Gasteiger partial charge in [-0.25, -0.2) is 0 Å². The second-order valence-corrected chi connectivity index (χ2v) is 7.57. The van der Waals surface area contributed by atoms with Gasteiger partial charge in [0.1, 0.15) is 5.75 Å². The fraction of sp³-hybridized carbons (Fsp3) is 0.375. The van der Waals surface area contributed by atoms with Gasteiger partial charge in [-0.1, -0.05) is 44.2 Å². The first kappa shape index (κ1) is 22.3. The number of ether oxygens (including phenoxy) is 2. The van der Waals surface area contributed by atoms with Gasteiger partial charge in [-0.2, -0.15) is 0 Å². The third-order valence-corrected chi connectivity index (χ3v) is 5.39. The molecule has 2 amide bonds. The molecular weight excluding hydrogens is 396 g/mol. The quantitative estimate of drug-likeness (QED) is 0.650. The highest BCUT2D eigenvalue weighted by Gasteiger charge is 2.26. The molecule has 7 nitrogen and oxygen atoms in total. The predicted molar refractivity (Wildman–Crippen MR) is 118 cm³/mol. The van der Waals surface area contributed by atoms with Crippen molar-refractivity contribution >= 4 is 29.2 Å². The summed E-state index contributed by atoms with van der Waals surface area (Å²) in [6, 6.07) is 14.8. The van der Waals surface area contributed by atoms with Gasteiger partial charge >= 0.3 is 5.97 Å². The smallest absolute Gasteiger partial charge is 0.308 e. The number of nitrogens with one attached hydrogen (secondary N) is 1. The standard InChI is InChI=1S/C24H28N2O5/c1-4-16(2)18-9-5-6-10-19(18)25-24(29)17(3)31-23(28)13-14-26-20-11-7-8-12-21(20)30-15-22(26)27/h5-12,16-17H,4,13-15H2,1-3H3,(H,25,29)/t16-,17+/m1/s1. The molecule has 0 saturated carbocycles. The Kier molecular flexibility index (Phi) is 7.28. The minimum atomic E-state index is -0.954. The van der Waals surface area contributed by atoms with Crippen molar-refractivity contribution in [3.05, 3.63) is 54.1 Å². The first-order valence-electron chi connectivity index (χ1n) is 10.5. The number of benzene rings is 2. The molecule has 0 aromatic heterocycles. The Balaban J connectivity index is 1.55. The number of fused-ring (bicyclic) bond motifs is 1. The van der Waals surface area contributed by atoms with Gasteiger partial charge in [0.05, 0.1) is 12.1 Å². The van der Waals surface area contributed by atoms with Gasteiger partial charge in [0.15, 0.2) is 12.7 Å². The maximum absolute atomic E-state index is 12.6. The molecule has 0 bridgehead atoms. The van der Waals surface area contributed by atoms with Crippen LogP contribution in [-0.2, 0) is 19.1 Å². The van der Waals surface area contributed by atoms with Crippen molar-refractivity contribution in [1.82, 2.24) is 0 Å². The molecule has 3 rings (SSSR count). The Morgan fingerprint density at radius 1 is 1.13 bits per heavy atom. The molecule has 164 valence electrons. The number of carbonyl (C=O) groups excluding carboxylic acids is 3. The fourth-order valence-electron chi connectivity index (χ4n) is 3.41. The fourth-order valence-corrected chi connectivity index (χ4v) is 3.41. The van der Waals surface area contributed by atoms with Crippen LogP contribution in [0.3, 0.4) is 0 Å². The Hall–Kier alpha value is -3.35. The Morgan fingerprint density at radius 3 is 2.61 bits per heavy atom. The zero-order valence-electron chi connectivity index (χ0n) is 18.1. The summed E-state index contributed by atoms with van der Waals surface area (Å²) in [6.45, 7) is 5.81. The van der Waals surface area contributed by atoms with E-state index in [0.29, 0.717) is 17.4 Å². The number of anilines is 2. The SMILES string of the molecule is CC[C@@H](C)c1ccccc1NC(=O)[C@H](C)OC(=O)CCN1C(=O)COc2ccccc21. The second kappa shape index (κ2) is 10.1. The van der Waals surface area contributed by atoms with Crippen LogP contribution >= 0.6 is 0 Å². The molecule has 0 fully saturated rings. The Morgan fingerprint density at radius 2 is 1.84 bits per heavy atom. The van der Waals surface area contributed by atoms with E-state index in [-0.39, 0.29) is 25.5 Å². The molecule has 1 aliphatic rings. The van der Waals surface area contributed by atoms with E-state index in [1.165, 1.54) is 11.8 Å². The average Bonchev–Trinajstić information content (AvgIpc) is 2.78. The van der Waals surface area contributed by atoms with Crippen LogP contribution in [0.2, 0.25) is 0 Å². The molecule has 1 N–H and O–H groups in total. The predicted octanol–water partition coefficient (Wildman–Crippen LogP) is 3.89. The first-order chi connectivity index (χ1) is 14.9. The number of amides is 2. The van der Waals surface area contributed by atoms with E-state index >= 15 is 0 Å². The van der Waals surface area contributed by atoms with E-state index in [1.807, 2.05) is 30.3 Å². The number of rotatable bonds is 8. The Bertz CT molecular complexity index is 958. The van der Waals surface area contributed by atoms with Crippen LogP contribution in [0.15, 0.2) is 48.5 Å². The summed E-state index contributed by atoms with van der Waals surface area (Å²) in [4.78, 5) is 38.6. The maximum Gasteiger partial charge on any atom is 0.308 e. The van der Waals surface area contributed by atoms with E-state index in [4.69, 9.17) is 9.47 Å². The number of esters is 1. The van der Waals surface area contributed by atoms with E-state index in [1.54, 1.807) is 18.2 Å². The van der Waals surface area contributed by atoms with E-state index < -0.39 is 18.0 Å². The lowest BCUT2D eigenvalue weighted by Gasteiger charge is -2.29. The molecule has 2 aromatic carbocycles. The van der Waals surface area contributed by atoms with Crippen LogP contribution in [0.1, 0.15) is 45.1 Å². The van der Waals surface area contributed by atoms with E-state index in [9.17, 15) is 14.4 Å². The van der Waals surface area contributed by atoms with Crippen LogP contribution in [0.5, 0.6) is 5.75 Å². The second-order valence-electron chi connectivity index (χ2n) is 7.57. The summed E-state index contributed by atoms with van der Waals surface area (Å²) >= 11 is 0. The summed E-state index contributed by atoms with van der Waals surface area (Å²) in [7, 11) is 0. The molecule has 0 unspecified atom stereocenters. The molecule has 2 atom stereocenters. The highest BCUT2D eigenvalue weighted by Crippen LogP contribution is 2.31. The molecule has 7 heteroatoms. The lowest BCUT2D eigenvalue weighted by atomic mass is 9.97. The van der Waals surface area contributed by atoms with Gasteiger partial charge in [0, 0.05) is 12.2 Å². The molecule has 0 spiro atoms. The van der Waals surface area contributed by atoms with Crippen molar-refractivity contribution in [2.45, 2.75) is 45.6 Å². The minimum Gasteiger partial charge on any atom is -0.482 e. The third-order valence-electron chi connectivity index (χ3n) is 5.39. The van der Waals surface area contributed by atoms with Crippen LogP contribution in [-0.4, -0.2) is 37.0 Å². The lowest BCUT2D eigenvalue weighted by molar-refractivity contribution is -0.153. The third kappa shape index (κ3) is 5.42. The largest absolute Gasteiger partial charge is 0.482 e. The highest BCUT2D eigenvalue weighted by atomic mass is 16.5.